The molecule has 2 atom stereocenters. The Kier molecular flexibility index (Phi) is 3.52. The molecule has 2 nitrogen and oxygen atoms in total. The van der Waals surface area contributed by atoms with Gasteiger partial charge < -0.3 is 9.84 Å². The SMILES string of the molecule is Cc1ccc2c(c1)C(O)CC(c1cc(F)ccc1Br)O2. The van der Waals surface area contributed by atoms with Crippen molar-refractivity contribution in [2.24, 2.45) is 0 Å². The Bertz CT molecular complexity index is 657. The van der Waals surface area contributed by atoms with Crippen LogP contribution in [0.15, 0.2) is 40.9 Å². The fourth-order valence-electron chi connectivity index (χ4n) is 2.52. The number of aryl methyl sites for hydroxylation is 1. The van der Waals surface area contributed by atoms with Crippen LogP contribution in [-0.2, 0) is 0 Å². The highest BCUT2D eigenvalue weighted by Crippen LogP contribution is 2.42. The molecular formula is C16H14BrFO2. The van der Waals surface area contributed by atoms with E-state index in [0.717, 1.165) is 21.2 Å². The molecule has 0 amide bonds. The van der Waals surface area contributed by atoms with Gasteiger partial charge in [0.05, 0.1) is 6.10 Å². The number of ether oxygens (including phenoxy) is 1. The van der Waals surface area contributed by atoms with Gasteiger partial charge >= 0.3 is 0 Å². The van der Waals surface area contributed by atoms with E-state index >= 15 is 0 Å². The number of aliphatic hydroxyl groups excluding tert-OH is 1. The zero-order valence-corrected chi connectivity index (χ0v) is 12.5. The van der Waals surface area contributed by atoms with E-state index in [1.807, 2.05) is 25.1 Å². The first kappa shape index (κ1) is 13.6. The Hall–Kier alpha value is -1.39. The lowest BCUT2D eigenvalue weighted by molar-refractivity contribution is 0.0652. The summed E-state index contributed by atoms with van der Waals surface area (Å²) < 4.78 is 20.1. The Labute approximate surface area is 125 Å². The summed E-state index contributed by atoms with van der Waals surface area (Å²) in [6, 6.07) is 10.2. The highest BCUT2D eigenvalue weighted by Gasteiger charge is 2.29. The van der Waals surface area contributed by atoms with Gasteiger partial charge in [-0.1, -0.05) is 27.6 Å². The molecule has 1 aliphatic heterocycles. The minimum absolute atomic E-state index is 0.309. The molecule has 0 radical (unpaired) electrons. The van der Waals surface area contributed by atoms with Crippen LogP contribution >= 0.6 is 15.9 Å². The molecule has 0 spiro atoms. The van der Waals surface area contributed by atoms with Crippen molar-refractivity contribution in [2.75, 3.05) is 0 Å². The van der Waals surface area contributed by atoms with Crippen LogP contribution in [0.25, 0.3) is 0 Å². The van der Waals surface area contributed by atoms with Crippen LogP contribution in [0.5, 0.6) is 5.75 Å². The van der Waals surface area contributed by atoms with Crippen molar-refractivity contribution in [1.82, 2.24) is 0 Å². The van der Waals surface area contributed by atoms with Crippen molar-refractivity contribution in [3.8, 4) is 5.75 Å². The highest BCUT2D eigenvalue weighted by molar-refractivity contribution is 9.10. The molecule has 1 aliphatic rings. The van der Waals surface area contributed by atoms with Crippen molar-refractivity contribution in [1.29, 1.82) is 0 Å². The summed E-state index contributed by atoms with van der Waals surface area (Å²) in [5, 5.41) is 10.3. The average Bonchev–Trinajstić information content (AvgIpc) is 2.42. The van der Waals surface area contributed by atoms with Crippen LogP contribution in [0.4, 0.5) is 4.39 Å². The maximum absolute atomic E-state index is 13.4. The zero-order chi connectivity index (χ0) is 14.3. The molecule has 1 heterocycles. The molecule has 2 unspecified atom stereocenters. The maximum atomic E-state index is 13.4. The van der Waals surface area contributed by atoms with E-state index in [0.29, 0.717) is 12.2 Å². The van der Waals surface area contributed by atoms with Gasteiger partial charge in [-0.15, -0.1) is 0 Å². The third kappa shape index (κ3) is 2.45. The molecule has 0 saturated carbocycles. The molecule has 0 aromatic heterocycles. The molecule has 20 heavy (non-hydrogen) atoms. The van der Waals surface area contributed by atoms with Crippen molar-refractivity contribution >= 4 is 15.9 Å². The van der Waals surface area contributed by atoms with Gasteiger partial charge in [0.25, 0.3) is 0 Å². The summed E-state index contributed by atoms with van der Waals surface area (Å²) in [6.07, 6.45) is -0.539. The largest absolute Gasteiger partial charge is 0.485 e. The molecule has 3 rings (SSSR count). The molecule has 0 bridgehead atoms. The Balaban J connectivity index is 1.99. The maximum Gasteiger partial charge on any atom is 0.128 e. The Morgan fingerprint density at radius 2 is 2.00 bits per heavy atom. The number of halogens is 2. The topological polar surface area (TPSA) is 29.5 Å². The molecule has 0 fully saturated rings. The standard InChI is InChI=1S/C16H14BrFO2/c1-9-2-5-15-12(6-9)14(19)8-16(20-15)11-7-10(18)3-4-13(11)17/h2-7,14,16,19H,8H2,1H3. The number of rotatable bonds is 1. The predicted octanol–water partition coefficient (Wildman–Crippen LogP) is 4.45. The van der Waals surface area contributed by atoms with Crippen LogP contribution in [0, 0.1) is 12.7 Å². The summed E-state index contributed by atoms with van der Waals surface area (Å²) in [4.78, 5) is 0. The third-order valence-corrected chi connectivity index (χ3v) is 4.26. The van der Waals surface area contributed by atoms with E-state index in [4.69, 9.17) is 4.74 Å². The van der Waals surface area contributed by atoms with Crippen LogP contribution in [0.3, 0.4) is 0 Å². The van der Waals surface area contributed by atoms with Crippen LogP contribution in [0.2, 0.25) is 0 Å². The summed E-state index contributed by atoms with van der Waals surface area (Å²) >= 11 is 3.41. The molecule has 2 aromatic rings. The smallest absolute Gasteiger partial charge is 0.128 e. The first-order valence-electron chi connectivity index (χ1n) is 6.45. The van der Waals surface area contributed by atoms with E-state index in [1.165, 1.54) is 12.1 Å². The summed E-state index contributed by atoms with van der Waals surface area (Å²) in [6.45, 7) is 1.97. The van der Waals surface area contributed by atoms with Gasteiger partial charge in [-0.25, -0.2) is 4.39 Å². The lowest BCUT2D eigenvalue weighted by Crippen LogP contribution is -2.19. The summed E-state index contributed by atoms with van der Waals surface area (Å²) in [7, 11) is 0. The molecule has 0 aliphatic carbocycles. The minimum Gasteiger partial charge on any atom is -0.485 e. The van der Waals surface area contributed by atoms with E-state index in [9.17, 15) is 9.50 Å². The van der Waals surface area contributed by atoms with Gasteiger partial charge in [-0.3, -0.25) is 0 Å². The first-order valence-corrected chi connectivity index (χ1v) is 7.24. The monoisotopic (exact) mass is 336 g/mol. The van der Waals surface area contributed by atoms with Crippen molar-refractivity contribution in [3.63, 3.8) is 0 Å². The fraction of sp³-hybridized carbons (Fsp3) is 0.250. The molecule has 104 valence electrons. The number of hydrogen-bond donors (Lipinski definition) is 1. The second kappa shape index (κ2) is 5.19. The molecule has 0 saturated heterocycles. The van der Waals surface area contributed by atoms with Crippen LogP contribution < -0.4 is 4.74 Å². The van der Waals surface area contributed by atoms with Gasteiger partial charge in [0.1, 0.15) is 17.7 Å². The molecule has 2 aromatic carbocycles. The number of hydrogen-bond acceptors (Lipinski definition) is 2. The lowest BCUT2D eigenvalue weighted by Gasteiger charge is -2.30. The van der Waals surface area contributed by atoms with Gasteiger partial charge in [0, 0.05) is 22.0 Å². The first-order chi connectivity index (χ1) is 9.54. The second-order valence-corrected chi connectivity index (χ2v) is 5.92. The average molecular weight is 337 g/mol. The third-order valence-electron chi connectivity index (χ3n) is 3.54. The van der Waals surface area contributed by atoms with E-state index in [2.05, 4.69) is 15.9 Å². The summed E-state index contributed by atoms with van der Waals surface area (Å²) in [5.74, 6) is 0.353. The van der Waals surface area contributed by atoms with Crippen LogP contribution in [0.1, 0.15) is 35.3 Å². The quantitative estimate of drug-likeness (QED) is 0.833. The van der Waals surface area contributed by atoms with E-state index in [-0.39, 0.29) is 11.9 Å². The number of fused-ring (bicyclic) bond motifs is 1. The molecule has 4 heteroatoms. The van der Waals surface area contributed by atoms with Crippen LogP contribution in [-0.4, -0.2) is 5.11 Å². The molecule has 1 N–H and O–H groups in total. The van der Waals surface area contributed by atoms with Crippen molar-refractivity contribution in [3.05, 3.63) is 63.4 Å². The fourth-order valence-corrected chi connectivity index (χ4v) is 3.02. The lowest BCUT2D eigenvalue weighted by atomic mass is 9.94. The van der Waals surface area contributed by atoms with Gasteiger partial charge in [0.2, 0.25) is 0 Å². The van der Waals surface area contributed by atoms with Gasteiger partial charge in [-0.2, -0.15) is 0 Å². The summed E-state index contributed by atoms with van der Waals surface area (Å²) in [5.41, 5.74) is 2.60. The zero-order valence-electron chi connectivity index (χ0n) is 10.9. The second-order valence-electron chi connectivity index (χ2n) is 5.07. The van der Waals surface area contributed by atoms with E-state index < -0.39 is 6.10 Å². The van der Waals surface area contributed by atoms with Crippen molar-refractivity contribution in [2.45, 2.75) is 25.6 Å². The van der Waals surface area contributed by atoms with Gasteiger partial charge in [-0.05, 0) is 37.3 Å². The van der Waals surface area contributed by atoms with Gasteiger partial charge in [0.15, 0.2) is 0 Å². The predicted molar refractivity (Wildman–Crippen MR) is 78.2 cm³/mol. The Morgan fingerprint density at radius 1 is 1.20 bits per heavy atom. The highest BCUT2D eigenvalue weighted by atomic mass is 79.9. The number of benzene rings is 2. The van der Waals surface area contributed by atoms with E-state index in [1.54, 1.807) is 6.07 Å². The molecular weight excluding hydrogens is 323 g/mol. The normalized spacial score (nSPS) is 21.2. The number of aliphatic hydroxyl groups is 1. The minimum atomic E-state index is -0.598. The van der Waals surface area contributed by atoms with Crippen molar-refractivity contribution < 1.29 is 14.2 Å². The Morgan fingerprint density at radius 3 is 2.80 bits per heavy atom.